The minimum atomic E-state index is 0.184. The minimum absolute atomic E-state index is 0.184. The van der Waals surface area contributed by atoms with Gasteiger partial charge in [0.25, 0.3) is 0 Å². The van der Waals surface area contributed by atoms with E-state index in [1.165, 1.54) is 4.88 Å². The van der Waals surface area contributed by atoms with Gasteiger partial charge in [0.05, 0.1) is 23.0 Å². The molecule has 3 heterocycles. The van der Waals surface area contributed by atoms with Gasteiger partial charge in [0, 0.05) is 11.5 Å². The molecule has 5 nitrogen and oxygen atoms in total. The SMILES string of the molecule is Cc1c(CCCO)sc2c(NCc3ccco3)nc(Cl)nc12. The monoisotopic (exact) mass is 337 g/mol. The fourth-order valence-electron chi connectivity index (χ4n) is 2.29. The van der Waals surface area contributed by atoms with E-state index in [0.29, 0.717) is 6.54 Å². The molecule has 0 fully saturated rings. The number of halogens is 1. The number of anilines is 1. The molecular weight excluding hydrogens is 322 g/mol. The predicted octanol–water partition coefficient (Wildman–Crippen LogP) is 3.78. The van der Waals surface area contributed by atoms with E-state index in [2.05, 4.69) is 15.3 Å². The standard InChI is InChI=1S/C15H16ClN3O2S/c1-9-11(5-2-6-20)22-13-12(9)18-15(16)19-14(13)17-8-10-4-3-7-21-10/h3-4,7,20H,2,5-6,8H2,1H3,(H,17,18,19). The molecule has 22 heavy (non-hydrogen) atoms. The van der Waals surface area contributed by atoms with Crippen LogP contribution in [-0.2, 0) is 13.0 Å². The van der Waals surface area contributed by atoms with Gasteiger partial charge in [0.15, 0.2) is 0 Å². The third kappa shape index (κ3) is 3.09. The molecular formula is C15H16ClN3O2S. The van der Waals surface area contributed by atoms with Crippen LogP contribution >= 0.6 is 22.9 Å². The van der Waals surface area contributed by atoms with Gasteiger partial charge in [-0.25, -0.2) is 4.98 Å². The highest BCUT2D eigenvalue weighted by atomic mass is 35.5. The number of hydrogen-bond donors (Lipinski definition) is 2. The molecule has 3 rings (SSSR count). The van der Waals surface area contributed by atoms with E-state index in [1.807, 2.05) is 19.1 Å². The molecule has 3 aromatic heterocycles. The van der Waals surface area contributed by atoms with Crippen LogP contribution in [0.15, 0.2) is 22.8 Å². The Balaban J connectivity index is 1.94. The summed E-state index contributed by atoms with van der Waals surface area (Å²) in [5, 5.41) is 12.5. The van der Waals surface area contributed by atoms with Crippen molar-refractivity contribution in [3.05, 3.63) is 39.9 Å². The summed E-state index contributed by atoms with van der Waals surface area (Å²) in [6, 6.07) is 3.75. The summed E-state index contributed by atoms with van der Waals surface area (Å²) < 4.78 is 6.30. The fourth-order valence-corrected chi connectivity index (χ4v) is 3.71. The number of nitrogens with one attached hydrogen (secondary N) is 1. The number of aliphatic hydroxyl groups is 1. The number of aromatic nitrogens is 2. The van der Waals surface area contributed by atoms with Gasteiger partial charge in [0.2, 0.25) is 5.28 Å². The van der Waals surface area contributed by atoms with Gasteiger partial charge in [-0.1, -0.05) is 0 Å². The Morgan fingerprint density at radius 3 is 3.00 bits per heavy atom. The molecule has 0 aliphatic carbocycles. The summed E-state index contributed by atoms with van der Waals surface area (Å²) in [5.41, 5.74) is 1.98. The molecule has 0 saturated carbocycles. The lowest BCUT2D eigenvalue weighted by atomic mass is 10.2. The van der Waals surface area contributed by atoms with E-state index in [-0.39, 0.29) is 11.9 Å². The Kier molecular flexibility index (Phi) is 4.61. The van der Waals surface area contributed by atoms with Crippen molar-refractivity contribution in [2.75, 3.05) is 11.9 Å². The molecule has 0 amide bonds. The minimum Gasteiger partial charge on any atom is -0.467 e. The molecule has 3 aromatic rings. The first-order valence-electron chi connectivity index (χ1n) is 7.01. The van der Waals surface area contributed by atoms with Crippen molar-refractivity contribution in [3.8, 4) is 0 Å². The zero-order valence-electron chi connectivity index (χ0n) is 12.1. The average molecular weight is 338 g/mol. The fraction of sp³-hybridized carbons (Fsp3) is 0.333. The van der Waals surface area contributed by atoms with Gasteiger partial charge >= 0.3 is 0 Å². The van der Waals surface area contributed by atoms with E-state index in [9.17, 15) is 0 Å². The third-order valence-electron chi connectivity index (χ3n) is 3.41. The van der Waals surface area contributed by atoms with E-state index in [1.54, 1.807) is 17.6 Å². The van der Waals surface area contributed by atoms with Crippen LogP contribution in [0.1, 0.15) is 22.6 Å². The molecule has 2 N–H and O–H groups in total. The van der Waals surface area contributed by atoms with E-state index >= 15 is 0 Å². The Morgan fingerprint density at radius 2 is 2.27 bits per heavy atom. The summed E-state index contributed by atoms with van der Waals surface area (Å²) in [6.07, 6.45) is 3.21. The number of rotatable bonds is 6. The Hall–Kier alpha value is -1.63. The first-order valence-corrected chi connectivity index (χ1v) is 8.21. The quantitative estimate of drug-likeness (QED) is 0.670. The van der Waals surface area contributed by atoms with Gasteiger partial charge in [-0.2, -0.15) is 4.98 Å². The smallest absolute Gasteiger partial charge is 0.224 e. The van der Waals surface area contributed by atoms with Crippen molar-refractivity contribution in [1.82, 2.24) is 9.97 Å². The third-order valence-corrected chi connectivity index (χ3v) is 4.93. The lowest BCUT2D eigenvalue weighted by molar-refractivity contribution is 0.289. The predicted molar refractivity (Wildman–Crippen MR) is 88.6 cm³/mol. The van der Waals surface area contributed by atoms with Crippen molar-refractivity contribution in [2.45, 2.75) is 26.3 Å². The molecule has 0 unspecified atom stereocenters. The van der Waals surface area contributed by atoms with Crippen LogP contribution in [0.4, 0.5) is 5.82 Å². The van der Waals surface area contributed by atoms with Crippen molar-refractivity contribution in [1.29, 1.82) is 0 Å². The van der Waals surface area contributed by atoms with Gasteiger partial charge in [-0.15, -0.1) is 11.3 Å². The molecule has 0 spiro atoms. The molecule has 0 saturated heterocycles. The number of furan rings is 1. The molecule has 0 aliphatic heterocycles. The molecule has 0 aliphatic rings. The van der Waals surface area contributed by atoms with Crippen LogP contribution in [0.2, 0.25) is 5.28 Å². The van der Waals surface area contributed by atoms with Crippen LogP contribution in [0.5, 0.6) is 0 Å². The van der Waals surface area contributed by atoms with E-state index in [0.717, 1.165) is 40.2 Å². The second kappa shape index (κ2) is 6.64. The molecule has 0 bridgehead atoms. The maximum absolute atomic E-state index is 9.01. The van der Waals surface area contributed by atoms with Crippen molar-refractivity contribution >= 4 is 39.0 Å². The van der Waals surface area contributed by atoms with Crippen LogP contribution in [0.3, 0.4) is 0 Å². The van der Waals surface area contributed by atoms with Crippen molar-refractivity contribution in [2.24, 2.45) is 0 Å². The Labute approximate surface area is 137 Å². The lowest BCUT2D eigenvalue weighted by Crippen LogP contribution is -2.01. The molecule has 7 heteroatoms. The Morgan fingerprint density at radius 1 is 1.41 bits per heavy atom. The molecule has 0 radical (unpaired) electrons. The van der Waals surface area contributed by atoms with Crippen LogP contribution in [0.25, 0.3) is 10.2 Å². The average Bonchev–Trinajstić information content (AvgIpc) is 3.12. The normalized spacial score (nSPS) is 11.2. The van der Waals surface area contributed by atoms with Crippen molar-refractivity contribution in [3.63, 3.8) is 0 Å². The summed E-state index contributed by atoms with van der Waals surface area (Å²) in [6.45, 7) is 2.76. The summed E-state index contributed by atoms with van der Waals surface area (Å²) in [7, 11) is 0. The maximum Gasteiger partial charge on any atom is 0.224 e. The summed E-state index contributed by atoms with van der Waals surface area (Å²) in [5.74, 6) is 1.55. The second-order valence-electron chi connectivity index (χ2n) is 4.93. The number of thiophene rings is 1. The molecule has 116 valence electrons. The Bertz CT molecular complexity index is 771. The molecule has 0 atom stereocenters. The first kappa shape index (κ1) is 15.3. The number of fused-ring (bicyclic) bond motifs is 1. The van der Waals surface area contributed by atoms with Crippen molar-refractivity contribution < 1.29 is 9.52 Å². The number of aliphatic hydroxyl groups excluding tert-OH is 1. The first-order chi connectivity index (χ1) is 10.7. The number of aryl methyl sites for hydroxylation is 2. The zero-order valence-corrected chi connectivity index (χ0v) is 13.7. The van der Waals surface area contributed by atoms with E-state index < -0.39 is 0 Å². The topological polar surface area (TPSA) is 71.2 Å². The second-order valence-corrected chi connectivity index (χ2v) is 6.37. The largest absolute Gasteiger partial charge is 0.467 e. The van der Waals surface area contributed by atoms with Gasteiger partial charge in [-0.05, 0) is 49.1 Å². The highest BCUT2D eigenvalue weighted by Gasteiger charge is 2.15. The highest BCUT2D eigenvalue weighted by molar-refractivity contribution is 7.19. The number of hydrogen-bond acceptors (Lipinski definition) is 6. The lowest BCUT2D eigenvalue weighted by Gasteiger charge is -2.05. The van der Waals surface area contributed by atoms with E-state index in [4.69, 9.17) is 21.1 Å². The van der Waals surface area contributed by atoms with Gasteiger partial charge in [0.1, 0.15) is 11.6 Å². The highest BCUT2D eigenvalue weighted by Crippen LogP contribution is 2.35. The van der Waals surface area contributed by atoms with Crippen LogP contribution in [-0.4, -0.2) is 21.7 Å². The van der Waals surface area contributed by atoms with Gasteiger partial charge in [-0.3, -0.25) is 0 Å². The van der Waals surface area contributed by atoms with Gasteiger partial charge < -0.3 is 14.8 Å². The van der Waals surface area contributed by atoms with Crippen LogP contribution < -0.4 is 5.32 Å². The maximum atomic E-state index is 9.01. The molecule has 0 aromatic carbocycles. The number of nitrogens with zero attached hydrogens (tertiary/aromatic N) is 2. The zero-order chi connectivity index (χ0) is 15.5. The summed E-state index contributed by atoms with van der Waals surface area (Å²) in [4.78, 5) is 9.86. The summed E-state index contributed by atoms with van der Waals surface area (Å²) >= 11 is 7.70. The van der Waals surface area contributed by atoms with Crippen LogP contribution in [0, 0.1) is 6.92 Å².